The fourth-order valence-electron chi connectivity index (χ4n) is 3.87. The molecule has 0 spiro atoms. The van der Waals surface area contributed by atoms with Crippen LogP contribution in [0.25, 0.3) is 11.0 Å². The third-order valence-electron chi connectivity index (χ3n) is 5.48. The van der Waals surface area contributed by atoms with E-state index in [0.717, 1.165) is 79.7 Å². The van der Waals surface area contributed by atoms with Crippen LogP contribution in [-0.4, -0.2) is 53.3 Å². The molecule has 1 aliphatic rings. The lowest BCUT2D eigenvalue weighted by Gasteiger charge is -2.26. The van der Waals surface area contributed by atoms with Crippen molar-refractivity contribution in [1.29, 1.82) is 0 Å². The molecule has 7 nitrogen and oxygen atoms in total. The number of hydrogen-bond acceptors (Lipinski definition) is 5. The minimum absolute atomic E-state index is 0.0323. The van der Waals surface area contributed by atoms with Crippen LogP contribution >= 0.6 is 0 Å². The van der Waals surface area contributed by atoms with Crippen molar-refractivity contribution < 1.29 is 14.3 Å². The van der Waals surface area contributed by atoms with Crippen LogP contribution in [0.2, 0.25) is 0 Å². The highest BCUT2D eigenvalue weighted by Gasteiger charge is 2.17. The second-order valence-electron chi connectivity index (χ2n) is 7.87. The SMILES string of the molecule is CCCn1c(CN2CCOCC2)nc2cc(NC(=O)COc3ccccc3C)ccc21. The Morgan fingerprint density at radius 1 is 1.19 bits per heavy atom. The van der Waals surface area contributed by atoms with Crippen LogP contribution in [-0.2, 0) is 22.6 Å². The Bertz CT molecular complexity index is 1040. The zero-order valence-electron chi connectivity index (χ0n) is 18.3. The Hall–Kier alpha value is -2.90. The van der Waals surface area contributed by atoms with Gasteiger partial charge in [0.15, 0.2) is 6.61 Å². The van der Waals surface area contributed by atoms with E-state index in [0.29, 0.717) is 0 Å². The highest BCUT2D eigenvalue weighted by molar-refractivity contribution is 5.94. The number of anilines is 1. The van der Waals surface area contributed by atoms with Crippen molar-refractivity contribution in [2.45, 2.75) is 33.4 Å². The van der Waals surface area contributed by atoms with E-state index in [1.54, 1.807) is 0 Å². The first kappa shape index (κ1) is 21.3. The van der Waals surface area contributed by atoms with Crippen LogP contribution in [0.4, 0.5) is 5.69 Å². The van der Waals surface area contributed by atoms with Gasteiger partial charge in [0.1, 0.15) is 11.6 Å². The molecule has 0 radical (unpaired) electrons. The molecule has 31 heavy (non-hydrogen) atoms. The first-order chi connectivity index (χ1) is 15.1. The largest absolute Gasteiger partial charge is 0.483 e. The zero-order chi connectivity index (χ0) is 21.6. The van der Waals surface area contributed by atoms with E-state index in [-0.39, 0.29) is 12.5 Å². The minimum atomic E-state index is -0.191. The molecule has 164 valence electrons. The van der Waals surface area contributed by atoms with Gasteiger partial charge in [0, 0.05) is 25.3 Å². The van der Waals surface area contributed by atoms with Crippen LogP contribution in [0.1, 0.15) is 24.7 Å². The van der Waals surface area contributed by atoms with Crippen molar-refractivity contribution in [2.75, 3.05) is 38.2 Å². The Balaban J connectivity index is 1.46. The van der Waals surface area contributed by atoms with Crippen LogP contribution in [0.3, 0.4) is 0 Å². The van der Waals surface area contributed by atoms with E-state index in [1.165, 1.54) is 0 Å². The van der Waals surface area contributed by atoms with Gasteiger partial charge in [-0.2, -0.15) is 0 Å². The van der Waals surface area contributed by atoms with E-state index >= 15 is 0 Å². The lowest BCUT2D eigenvalue weighted by molar-refractivity contribution is -0.118. The number of nitrogens with one attached hydrogen (secondary N) is 1. The fraction of sp³-hybridized carbons (Fsp3) is 0.417. The maximum absolute atomic E-state index is 12.4. The molecular formula is C24H30N4O3. The number of fused-ring (bicyclic) bond motifs is 1. The Morgan fingerprint density at radius 3 is 2.77 bits per heavy atom. The molecule has 1 aliphatic heterocycles. The molecule has 0 atom stereocenters. The van der Waals surface area contributed by atoms with Gasteiger partial charge in [-0.25, -0.2) is 4.98 Å². The monoisotopic (exact) mass is 422 g/mol. The smallest absolute Gasteiger partial charge is 0.262 e. The topological polar surface area (TPSA) is 68.6 Å². The van der Waals surface area contributed by atoms with Crippen LogP contribution in [0, 0.1) is 6.92 Å². The molecule has 1 amide bonds. The van der Waals surface area contributed by atoms with Crippen molar-refractivity contribution in [3.63, 3.8) is 0 Å². The second-order valence-corrected chi connectivity index (χ2v) is 7.87. The summed E-state index contributed by atoms with van der Waals surface area (Å²) in [7, 11) is 0. The standard InChI is InChI=1S/C24H30N4O3/c1-3-10-28-21-9-8-19(25-24(29)17-31-22-7-5-4-6-18(22)2)15-20(21)26-23(28)16-27-11-13-30-14-12-27/h4-9,15H,3,10-14,16-17H2,1-2H3,(H,25,29). The predicted molar refractivity (Wildman–Crippen MR) is 121 cm³/mol. The van der Waals surface area contributed by atoms with Gasteiger partial charge in [0.25, 0.3) is 5.91 Å². The summed E-state index contributed by atoms with van der Waals surface area (Å²) in [5, 5.41) is 2.93. The number of ether oxygens (including phenoxy) is 2. The summed E-state index contributed by atoms with van der Waals surface area (Å²) < 4.78 is 13.4. The number of nitrogens with zero attached hydrogens (tertiary/aromatic N) is 3. The number of aromatic nitrogens is 2. The fourth-order valence-corrected chi connectivity index (χ4v) is 3.87. The highest BCUT2D eigenvalue weighted by atomic mass is 16.5. The molecule has 0 aliphatic carbocycles. The normalized spacial score (nSPS) is 14.6. The van der Waals surface area contributed by atoms with Crippen molar-refractivity contribution in [2.24, 2.45) is 0 Å². The number of aryl methyl sites for hydroxylation is 2. The van der Waals surface area contributed by atoms with E-state index < -0.39 is 0 Å². The number of benzene rings is 2. The van der Waals surface area contributed by atoms with Gasteiger partial charge in [-0.05, 0) is 43.2 Å². The van der Waals surface area contributed by atoms with Gasteiger partial charge in [0.2, 0.25) is 0 Å². The summed E-state index contributed by atoms with van der Waals surface area (Å²) in [5.41, 5.74) is 3.73. The second kappa shape index (κ2) is 9.94. The number of amides is 1. The van der Waals surface area contributed by atoms with Gasteiger partial charge in [-0.1, -0.05) is 25.1 Å². The molecule has 7 heteroatoms. The summed E-state index contributed by atoms with van der Waals surface area (Å²) in [4.78, 5) is 19.7. The number of hydrogen-bond donors (Lipinski definition) is 1. The molecule has 1 N–H and O–H groups in total. The Kier molecular flexibility index (Phi) is 6.84. The molecule has 1 aromatic heterocycles. The maximum Gasteiger partial charge on any atom is 0.262 e. The van der Waals surface area contributed by atoms with Crippen molar-refractivity contribution in [3.05, 3.63) is 53.9 Å². The Morgan fingerprint density at radius 2 is 2.00 bits per heavy atom. The minimum Gasteiger partial charge on any atom is -0.483 e. The van der Waals surface area contributed by atoms with Gasteiger partial charge in [-0.15, -0.1) is 0 Å². The van der Waals surface area contributed by atoms with Gasteiger partial charge >= 0.3 is 0 Å². The predicted octanol–water partition coefficient (Wildman–Crippen LogP) is 3.60. The van der Waals surface area contributed by atoms with E-state index in [4.69, 9.17) is 14.5 Å². The third-order valence-corrected chi connectivity index (χ3v) is 5.48. The number of carbonyl (C=O) groups excluding carboxylic acids is 1. The zero-order valence-corrected chi connectivity index (χ0v) is 18.3. The van der Waals surface area contributed by atoms with Crippen molar-refractivity contribution >= 4 is 22.6 Å². The van der Waals surface area contributed by atoms with Crippen LogP contribution in [0.15, 0.2) is 42.5 Å². The molecule has 0 saturated carbocycles. The van der Waals surface area contributed by atoms with E-state index in [9.17, 15) is 4.79 Å². The summed E-state index contributed by atoms with van der Waals surface area (Å²) in [5.74, 6) is 1.59. The molecule has 2 aromatic carbocycles. The number of morpholine rings is 1. The lowest BCUT2D eigenvalue weighted by Crippen LogP contribution is -2.36. The number of carbonyl (C=O) groups is 1. The third kappa shape index (κ3) is 5.24. The van der Waals surface area contributed by atoms with Gasteiger partial charge in [0.05, 0.1) is 30.8 Å². The summed E-state index contributed by atoms with van der Waals surface area (Å²) in [6.07, 6.45) is 1.04. The lowest BCUT2D eigenvalue weighted by atomic mass is 10.2. The molecule has 2 heterocycles. The quantitative estimate of drug-likeness (QED) is 0.601. The Labute approximate surface area is 183 Å². The summed E-state index contributed by atoms with van der Waals surface area (Å²) >= 11 is 0. The van der Waals surface area contributed by atoms with Crippen molar-refractivity contribution in [1.82, 2.24) is 14.5 Å². The van der Waals surface area contributed by atoms with Crippen LogP contribution < -0.4 is 10.1 Å². The molecular weight excluding hydrogens is 392 g/mol. The average molecular weight is 423 g/mol. The molecule has 4 rings (SSSR count). The molecule has 0 unspecified atom stereocenters. The van der Waals surface area contributed by atoms with Crippen molar-refractivity contribution in [3.8, 4) is 5.75 Å². The van der Waals surface area contributed by atoms with Crippen LogP contribution in [0.5, 0.6) is 5.75 Å². The first-order valence-electron chi connectivity index (χ1n) is 10.9. The van der Waals surface area contributed by atoms with E-state index in [2.05, 4.69) is 21.7 Å². The molecule has 3 aromatic rings. The maximum atomic E-state index is 12.4. The number of imidazole rings is 1. The first-order valence-corrected chi connectivity index (χ1v) is 10.9. The molecule has 1 saturated heterocycles. The summed E-state index contributed by atoms with van der Waals surface area (Å²) in [6, 6.07) is 13.6. The highest BCUT2D eigenvalue weighted by Crippen LogP contribution is 2.23. The molecule has 0 bridgehead atoms. The number of rotatable bonds is 8. The van der Waals surface area contributed by atoms with Gasteiger partial charge < -0.3 is 19.4 Å². The average Bonchev–Trinajstić information content (AvgIpc) is 3.10. The van der Waals surface area contributed by atoms with Gasteiger partial charge in [-0.3, -0.25) is 9.69 Å². The summed E-state index contributed by atoms with van der Waals surface area (Å²) in [6.45, 7) is 9.24. The van der Waals surface area contributed by atoms with E-state index in [1.807, 2.05) is 49.4 Å². The molecule has 1 fully saturated rings. The number of para-hydroxylation sites is 1.